The van der Waals surface area contributed by atoms with Crippen LogP contribution in [0.25, 0.3) is 0 Å². The predicted octanol–water partition coefficient (Wildman–Crippen LogP) is 3.62. The van der Waals surface area contributed by atoms with Gasteiger partial charge in [0.25, 0.3) is 0 Å². The average Bonchev–Trinajstić information content (AvgIpc) is 2.69. The van der Waals surface area contributed by atoms with Crippen molar-refractivity contribution in [3.8, 4) is 11.5 Å². The lowest BCUT2D eigenvalue weighted by Gasteiger charge is -2.33. The van der Waals surface area contributed by atoms with Gasteiger partial charge in [-0.25, -0.2) is 14.4 Å². The van der Waals surface area contributed by atoms with E-state index in [1.54, 1.807) is 51.1 Å². The number of carbonyl (C=O) groups is 3. The molecule has 0 aliphatic carbocycles. The third-order valence-corrected chi connectivity index (χ3v) is 4.65. The molecule has 2 aromatic rings. The fraction of sp³-hybridized carbons (Fsp3) is 0.375. The number of alkyl carbamates (subject to hydrolysis) is 1. The zero-order valence-corrected chi connectivity index (χ0v) is 19.0. The minimum absolute atomic E-state index is 0.275. The molecule has 178 valence electrons. The normalized spacial score (nSPS) is 13.9. The lowest BCUT2D eigenvalue weighted by molar-refractivity contribution is -0.146. The van der Waals surface area contributed by atoms with E-state index in [1.165, 1.54) is 25.1 Å². The number of amides is 1. The summed E-state index contributed by atoms with van der Waals surface area (Å²) in [7, 11) is 0. The number of aliphatic carboxylic acids is 1. The summed E-state index contributed by atoms with van der Waals surface area (Å²) in [6.07, 6.45) is -2.44. The van der Waals surface area contributed by atoms with Gasteiger partial charge in [-0.05, 0) is 57.5 Å². The van der Waals surface area contributed by atoms with Crippen molar-refractivity contribution in [2.45, 2.75) is 57.8 Å². The van der Waals surface area contributed by atoms with Crippen molar-refractivity contribution in [1.29, 1.82) is 0 Å². The molecule has 0 spiro atoms. The Morgan fingerprint density at radius 1 is 1.00 bits per heavy atom. The van der Waals surface area contributed by atoms with Crippen LogP contribution in [0.15, 0.2) is 48.5 Å². The molecular formula is C24H29NO8. The summed E-state index contributed by atoms with van der Waals surface area (Å²) >= 11 is 0. The van der Waals surface area contributed by atoms with Crippen LogP contribution in [0.5, 0.6) is 11.5 Å². The number of esters is 1. The van der Waals surface area contributed by atoms with E-state index in [0.29, 0.717) is 11.1 Å². The molecule has 0 radical (unpaired) electrons. The molecule has 33 heavy (non-hydrogen) atoms. The standard InChI is InChI=1S/C24H29NO8/c1-15(32-20(28)17-8-6-5-7-9-17)13-24(21(29)30,25-22(31)33-23(2,3)4)14-16-10-11-18(26)19(27)12-16/h5-12,15,26-27H,13-14H2,1-4H3,(H,25,31)(H,29,30)/t15-,24?/m1/s1. The zero-order chi connectivity index (χ0) is 24.8. The predicted molar refractivity (Wildman–Crippen MR) is 119 cm³/mol. The number of nitrogens with one attached hydrogen (secondary N) is 1. The zero-order valence-electron chi connectivity index (χ0n) is 19.0. The maximum atomic E-state index is 12.5. The van der Waals surface area contributed by atoms with Crippen molar-refractivity contribution in [3.63, 3.8) is 0 Å². The van der Waals surface area contributed by atoms with E-state index in [-0.39, 0.29) is 18.6 Å². The molecule has 0 aliphatic rings. The highest BCUT2D eigenvalue weighted by Crippen LogP contribution is 2.29. The van der Waals surface area contributed by atoms with Gasteiger partial charge in [0.1, 0.15) is 17.2 Å². The molecule has 9 nitrogen and oxygen atoms in total. The number of benzene rings is 2. The van der Waals surface area contributed by atoms with E-state index in [9.17, 15) is 29.7 Å². The first-order valence-corrected chi connectivity index (χ1v) is 10.3. The Kier molecular flexibility index (Phi) is 7.92. The molecule has 0 heterocycles. The maximum Gasteiger partial charge on any atom is 0.408 e. The van der Waals surface area contributed by atoms with Crippen LogP contribution in [0.3, 0.4) is 0 Å². The highest BCUT2D eigenvalue weighted by molar-refractivity contribution is 5.89. The van der Waals surface area contributed by atoms with Gasteiger partial charge >= 0.3 is 18.0 Å². The van der Waals surface area contributed by atoms with Crippen LogP contribution in [0, 0.1) is 0 Å². The van der Waals surface area contributed by atoms with E-state index in [0.717, 1.165) is 0 Å². The molecule has 2 aromatic carbocycles. The first-order valence-electron chi connectivity index (χ1n) is 10.3. The second kappa shape index (κ2) is 10.2. The summed E-state index contributed by atoms with van der Waals surface area (Å²) in [4.78, 5) is 37.4. The van der Waals surface area contributed by atoms with Gasteiger partial charge in [-0.3, -0.25) is 0 Å². The quantitative estimate of drug-likeness (QED) is 0.346. The second-order valence-corrected chi connectivity index (χ2v) is 8.80. The topological polar surface area (TPSA) is 142 Å². The van der Waals surface area contributed by atoms with Gasteiger partial charge in [0, 0.05) is 12.8 Å². The number of carboxylic acid groups (broad SMARTS) is 1. The van der Waals surface area contributed by atoms with E-state index >= 15 is 0 Å². The van der Waals surface area contributed by atoms with Gasteiger partial charge in [0.05, 0.1) is 5.56 Å². The van der Waals surface area contributed by atoms with Crippen LogP contribution in [-0.4, -0.2) is 50.6 Å². The van der Waals surface area contributed by atoms with Gasteiger partial charge in [-0.1, -0.05) is 24.3 Å². The Hall–Kier alpha value is -3.75. The van der Waals surface area contributed by atoms with E-state index in [1.807, 2.05) is 0 Å². The lowest BCUT2D eigenvalue weighted by atomic mass is 9.85. The third-order valence-electron chi connectivity index (χ3n) is 4.65. The van der Waals surface area contributed by atoms with E-state index < -0.39 is 41.0 Å². The highest BCUT2D eigenvalue weighted by atomic mass is 16.6. The van der Waals surface area contributed by atoms with Gasteiger partial charge in [-0.2, -0.15) is 0 Å². The van der Waals surface area contributed by atoms with Crippen LogP contribution < -0.4 is 5.32 Å². The monoisotopic (exact) mass is 459 g/mol. The number of phenolic OH excluding ortho intramolecular Hbond substituents is 2. The molecule has 2 rings (SSSR count). The Morgan fingerprint density at radius 2 is 1.64 bits per heavy atom. The fourth-order valence-electron chi connectivity index (χ4n) is 3.27. The molecular weight excluding hydrogens is 430 g/mol. The number of hydrogen-bond donors (Lipinski definition) is 4. The number of hydrogen-bond acceptors (Lipinski definition) is 7. The fourth-order valence-corrected chi connectivity index (χ4v) is 3.27. The first-order chi connectivity index (χ1) is 15.3. The average molecular weight is 459 g/mol. The molecule has 9 heteroatoms. The molecule has 0 aromatic heterocycles. The summed E-state index contributed by atoms with van der Waals surface area (Å²) < 4.78 is 10.7. The van der Waals surface area contributed by atoms with Crippen LogP contribution in [-0.2, 0) is 20.7 Å². The largest absolute Gasteiger partial charge is 0.504 e. The van der Waals surface area contributed by atoms with Gasteiger partial charge in [-0.15, -0.1) is 0 Å². The van der Waals surface area contributed by atoms with Crippen molar-refractivity contribution >= 4 is 18.0 Å². The van der Waals surface area contributed by atoms with Crippen molar-refractivity contribution in [2.75, 3.05) is 0 Å². The Morgan fingerprint density at radius 3 is 2.18 bits per heavy atom. The summed E-state index contributed by atoms with van der Waals surface area (Å²) in [6, 6.07) is 12.1. The molecule has 0 saturated heterocycles. The molecule has 0 bridgehead atoms. The number of carboxylic acids is 1. The van der Waals surface area contributed by atoms with Crippen LogP contribution in [0.4, 0.5) is 4.79 Å². The molecule has 1 unspecified atom stereocenters. The second-order valence-electron chi connectivity index (χ2n) is 8.80. The van der Waals surface area contributed by atoms with E-state index in [2.05, 4.69) is 5.32 Å². The lowest BCUT2D eigenvalue weighted by Crippen LogP contribution is -2.58. The summed E-state index contributed by atoms with van der Waals surface area (Å²) in [5.41, 5.74) is -2.20. The Bertz CT molecular complexity index is 999. The third kappa shape index (κ3) is 7.41. The molecule has 4 N–H and O–H groups in total. The van der Waals surface area contributed by atoms with Crippen LogP contribution in [0.2, 0.25) is 0 Å². The SMILES string of the molecule is C[C@H](CC(Cc1ccc(O)c(O)c1)(NC(=O)OC(C)(C)C)C(=O)O)OC(=O)c1ccccc1. The minimum atomic E-state index is -1.94. The van der Waals surface area contributed by atoms with Crippen molar-refractivity contribution in [3.05, 3.63) is 59.7 Å². The summed E-state index contributed by atoms with van der Waals surface area (Å²) in [5, 5.41) is 31.9. The van der Waals surface area contributed by atoms with Crippen molar-refractivity contribution < 1.29 is 39.2 Å². The minimum Gasteiger partial charge on any atom is -0.504 e. The molecule has 0 fully saturated rings. The van der Waals surface area contributed by atoms with Crippen molar-refractivity contribution in [1.82, 2.24) is 5.32 Å². The molecule has 1 amide bonds. The first kappa shape index (κ1) is 25.5. The van der Waals surface area contributed by atoms with Gasteiger partial charge in [0.15, 0.2) is 11.5 Å². The van der Waals surface area contributed by atoms with E-state index in [4.69, 9.17) is 9.47 Å². The Labute approximate surface area is 192 Å². The van der Waals surface area contributed by atoms with Crippen LogP contribution in [0.1, 0.15) is 50.0 Å². The Balaban J connectivity index is 2.33. The molecule has 0 aliphatic heterocycles. The number of carbonyl (C=O) groups excluding carboxylic acids is 2. The van der Waals surface area contributed by atoms with Gasteiger partial charge < -0.3 is 30.1 Å². The smallest absolute Gasteiger partial charge is 0.408 e. The van der Waals surface area contributed by atoms with Crippen LogP contribution >= 0.6 is 0 Å². The number of phenols is 2. The van der Waals surface area contributed by atoms with Gasteiger partial charge in [0.2, 0.25) is 0 Å². The molecule has 2 atom stereocenters. The number of aromatic hydroxyl groups is 2. The highest BCUT2D eigenvalue weighted by Gasteiger charge is 2.43. The number of ether oxygens (including phenoxy) is 2. The summed E-state index contributed by atoms with van der Waals surface area (Å²) in [6.45, 7) is 6.43. The maximum absolute atomic E-state index is 12.5. The summed E-state index contributed by atoms with van der Waals surface area (Å²) in [5.74, 6) is -2.83. The van der Waals surface area contributed by atoms with Crippen molar-refractivity contribution in [2.24, 2.45) is 0 Å². The number of rotatable bonds is 8. The molecule has 0 saturated carbocycles.